The summed E-state index contributed by atoms with van der Waals surface area (Å²) in [6, 6.07) is 13.7. The van der Waals surface area contributed by atoms with Crippen LogP contribution in [-0.2, 0) is 26.1 Å². The van der Waals surface area contributed by atoms with Crippen molar-refractivity contribution in [3.63, 3.8) is 0 Å². The SMILES string of the molecule is S=c1n(C[NH+]2CCc3ccccc3C2)nc(Cc2cccs2)n1C1CC1. The molecule has 134 valence electrons. The number of thiophene rings is 1. The van der Waals surface area contributed by atoms with E-state index in [1.165, 1.54) is 28.8 Å². The molecule has 5 rings (SSSR count). The van der Waals surface area contributed by atoms with Crippen LogP contribution in [0.4, 0.5) is 0 Å². The fraction of sp³-hybridized carbons (Fsp3) is 0.400. The van der Waals surface area contributed by atoms with Crippen LogP contribution < -0.4 is 4.90 Å². The van der Waals surface area contributed by atoms with Crippen molar-refractivity contribution in [2.75, 3.05) is 6.54 Å². The summed E-state index contributed by atoms with van der Waals surface area (Å²) in [4.78, 5) is 2.90. The molecule has 0 radical (unpaired) electrons. The molecule has 2 aliphatic rings. The van der Waals surface area contributed by atoms with E-state index in [1.54, 1.807) is 16.2 Å². The summed E-state index contributed by atoms with van der Waals surface area (Å²) in [7, 11) is 0. The van der Waals surface area contributed by atoms with E-state index in [0.717, 1.165) is 43.2 Å². The molecule has 1 fully saturated rings. The first-order valence-electron chi connectivity index (χ1n) is 9.39. The molecule has 3 aromatic rings. The summed E-state index contributed by atoms with van der Waals surface area (Å²) in [5.74, 6) is 1.14. The lowest BCUT2D eigenvalue weighted by Gasteiger charge is -2.25. The third-order valence-electron chi connectivity index (χ3n) is 5.45. The summed E-state index contributed by atoms with van der Waals surface area (Å²) in [6.07, 6.45) is 4.51. The van der Waals surface area contributed by atoms with Gasteiger partial charge in [-0.1, -0.05) is 30.3 Å². The molecule has 2 aromatic heterocycles. The van der Waals surface area contributed by atoms with Gasteiger partial charge in [0.15, 0.2) is 6.67 Å². The van der Waals surface area contributed by atoms with Gasteiger partial charge in [0.2, 0.25) is 4.77 Å². The molecule has 1 aliphatic heterocycles. The fourth-order valence-electron chi connectivity index (χ4n) is 3.95. The summed E-state index contributed by atoms with van der Waals surface area (Å²) < 4.78 is 5.32. The van der Waals surface area contributed by atoms with Crippen LogP contribution in [0.1, 0.15) is 40.7 Å². The number of benzene rings is 1. The first-order chi connectivity index (χ1) is 12.8. The second-order valence-corrected chi connectivity index (χ2v) is 8.81. The Morgan fingerprint density at radius 2 is 2.00 bits per heavy atom. The van der Waals surface area contributed by atoms with Crippen molar-refractivity contribution < 1.29 is 4.90 Å². The van der Waals surface area contributed by atoms with Crippen LogP contribution in [0.15, 0.2) is 41.8 Å². The minimum atomic E-state index is 0.572. The van der Waals surface area contributed by atoms with Gasteiger partial charge in [-0.2, -0.15) is 9.78 Å². The van der Waals surface area contributed by atoms with Gasteiger partial charge >= 0.3 is 0 Å². The van der Waals surface area contributed by atoms with E-state index in [2.05, 4.69) is 51.0 Å². The Bertz CT molecular complexity index is 966. The van der Waals surface area contributed by atoms with Gasteiger partial charge in [0, 0.05) is 29.3 Å². The highest BCUT2D eigenvalue weighted by Gasteiger charge is 2.29. The van der Waals surface area contributed by atoms with Crippen LogP contribution >= 0.6 is 23.6 Å². The normalized spacial score (nSPS) is 19.5. The number of nitrogens with one attached hydrogen (secondary N) is 1. The first kappa shape index (κ1) is 16.4. The van der Waals surface area contributed by atoms with Crippen molar-refractivity contribution in [1.29, 1.82) is 0 Å². The second kappa shape index (κ2) is 6.76. The molecule has 1 N–H and O–H groups in total. The lowest BCUT2D eigenvalue weighted by molar-refractivity contribution is -0.939. The third kappa shape index (κ3) is 3.17. The topological polar surface area (TPSA) is 27.2 Å². The Labute approximate surface area is 162 Å². The van der Waals surface area contributed by atoms with Gasteiger partial charge in [0.25, 0.3) is 0 Å². The maximum Gasteiger partial charge on any atom is 0.203 e. The molecule has 3 heterocycles. The molecular formula is C20H23N4S2+. The first-order valence-corrected chi connectivity index (χ1v) is 10.7. The zero-order chi connectivity index (χ0) is 17.5. The molecule has 1 aromatic carbocycles. The van der Waals surface area contributed by atoms with Crippen LogP contribution in [0.3, 0.4) is 0 Å². The average molecular weight is 384 g/mol. The molecular weight excluding hydrogens is 360 g/mol. The van der Waals surface area contributed by atoms with Crippen molar-refractivity contribution in [2.24, 2.45) is 0 Å². The van der Waals surface area contributed by atoms with Gasteiger partial charge < -0.3 is 9.47 Å². The Morgan fingerprint density at radius 1 is 1.15 bits per heavy atom. The van der Waals surface area contributed by atoms with Crippen LogP contribution in [0.2, 0.25) is 0 Å². The van der Waals surface area contributed by atoms with Crippen LogP contribution in [0, 0.1) is 4.77 Å². The zero-order valence-electron chi connectivity index (χ0n) is 14.7. The van der Waals surface area contributed by atoms with E-state index in [9.17, 15) is 0 Å². The quantitative estimate of drug-likeness (QED) is 0.686. The van der Waals surface area contributed by atoms with Crippen molar-refractivity contribution in [3.8, 4) is 0 Å². The number of rotatable bonds is 5. The number of hydrogen-bond acceptors (Lipinski definition) is 3. The summed E-state index contributed by atoms with van der Waals surface area (Å²) >= 11 is 7.62. The lowest BCUT2D eigenvalue weighted by atomic mass is 10.0. The molecule has 1 aliphatic carbocycles. The summed E-state index contributed by atoms with van der Waals surface area (Å²) in [6.45, 7) is 3.08. The minimum absolute atomic E-state index is 0.572. The standard InChI is InChI=1S/C20H22N4S2/c25-20-23(14-22-10-9-15-4-1-2-5-16(15)13-22)21-19(24(20)17-7-8-17)12-18-6-3-11-26-18/h1-6,11,17H,7-10,12-14H2/p+1. The predicted molar refractivity (Wildman–Crippen MR) is 106 cm³/mol. The van der Waals surface area contributed by atoms with Crippen molar-refractivity contribution in [2.45, 2.75) is 44.9 Å². The van der Waals surface area contributed by atoms with Crippen molar-refractivity contribution in [1.82, 2.24) is 14.3 Å². The maximum atomic E-state index is 5.82. The highest BCUT2D eigenvalue weighted by Crippen LogP contribution is 2.36. The molecule has 0 bridgehead atoms. The van der Waals surface area contributed by atoms with Gasteiger partial charge in [-0.25, -0.2) is 0 Å². The third-order valence-corrected chi connectivity index (χ3v) is 6.73. The Balaban J connectivity index is 1.40. The summed E-state index contributed by atoms with van der Waals surface area (Å²) in [5.41, 5.74) is 2.97. The number of hydrogen-bond donors (Lipinski definition) is 1. The van der Waals surface area contributed by atoms with Gasteiger partial charge in [0.1, 0.15) is 12.4 Å². The van der Waals surface area contributed by atoms with E-state index >= 15 is 0 Å². The van der Waals surface area contributed by atoms with Crippen molar-refractivity contribution >= 4 is 23.6 Å². The van der Waals surface area contributed by atoms with Crippen LogP contribution in [0.25, 0.3) is 0 Å². The van der Waals surface area contributed by atoms with E-state index in [-0.39, 0.29) is 0 Å². The Kier molecular flexibility index (Phi) is 4.27. The zero-order valence-corrected chi connectivity index (χ0v) is 16.4. The molecule has 1 unspecified atom stereocenters. The molecule has 0 saturated heterocycles. The smallest absolute Gasteiger partial charge is 0.203 e. The molecule has 1 atom stereocenters. The van der Waals surface area contributed by atoms with Gasteiger partial charge in [0.05, 0.1) is 6.54 Å². The highest BCUT2D eigenvalue weighted by atomic mass is 32.1. The van der Waals surface area contributed by atoms with Crippen LogP contribution in [0.5, 0.6) is 0 Å². The molecule has 0 amide bonds. The van der Waals surface area contributed by atoms with Gasteiger partial charge in [-0.05, 0) is 42.1 Å². The predicted octanol–water partition coefficient (Wildman–Crippen LogP) is 3.00. The maximum absolute atomic E-state index is 5.82. The largest absolute Gasteiger partial charge is 0.312 e. The number of nitrogens with zero attached hydrogens (tertiary/aromatic N) is 3. The molecule has 4 nitrogen and oxygen atoms in total. The average Bonchev–Trinajstić information content (AvgIpc) is 3.27. The second-order valence-electron chi connectivity index (χ2n) is 7.41. The van der Waals surface area contributed by atoms with Crippen LogP contribution in [-0.4, -0.2) is 20.9 Å². The minimum Gasteiger partial charge on any atom is -0.312 e. The number of fused-ring (bicyclic) bond motifs is 1. The number of quaternary nitrogens is 1. The molecule has 1 saturated carbocycles. The molecule has 26 heavy (non-hydrogen) atoms. The molecule has 6 heteroatoms. The Morgan fingerprint density at radius 3 is 2.77 bits per heavy atom. The van der Waals surface area contributed by atoms with Crippen molar-refractivity contribution in [3.05, 3.63) is 68.4 Å². The van der Waals surface area contributed by atoms with E-state index in [0.29, 0.717) is 6.04 Å². The number of aromatic nitrogens is 3. The lowest BCUT2D eigenvalue weighted by Crippen LogP contribution is -3.11. The Hall–Kier alpha value is -1.76. The molecule has 0 spiro atoms. The monoisotopic (exact) mass is 383 g/mol. The van der Waals surface area contributed by atoms with Gasteiger partial charge in [-0.3, -0.25) is 0 Å². The van der Waals surface area contributed by atoms with E-state index in [1.807, 2.05) is 0 Å². The van der Waals surface area contributed by atoms with E-state index in [4.69, 9.17) is 17.3 Å². The van der Waals surface area contributed by atoms with Gasteiger partial charge in [-0.15, -0.1) is 11.3 Å². The fourth-order valence-corrected chi connectivity index (χ4v) is 5.01. The highest BCUT2D eigenvalue weighted by molar-refractivity contribution is 7.71. The summed E-state index contributed by atoms with van der Waals surface area (Å²) in [5, 5.41) is 7.09. The van der Waals surface area contributed by atoms with E-state index < -0.39 is 0 Å².